The molecule has 9 nitrogen and oxygen atoms in total. The Morgan fingerprint density at radius 2 is 1.94 bits per heavy atom. The monoisotopic (exact) mass is 435 g/mol. The quantitative estimate of drug-likeness (QED) is 0.374. The average Bonchev–Trinajstić information content (AvgIpc) is 3.10. The minimum Gasteiger partial charge on any atom is -0.301 e. The summed E-state index contributed by atoms with van der Waals surface area (Å²) in [6, 6.07) is 13.1. The van der Waals surface area contributed by atoms with Crippen molar-refractivity contribution >= 4 is 45.5 Å². The lowest BCUT2D eigenvalue weighted by Gasteiger charge is -2.09. The van der Waals surface area contributed by atoms with E-state index >= 15 is 0 Å². The fourth-order valence-corrected chi connectivity index (χ4v) is 3.99. The average molecular weight is 435 g/mol. The summed E-state index contributed by atoms with van der Waals surface area (Å²) in [5.74, 6) is 0.314. The van der Waals surface area contributed by atoms with Gasteiger partial charge < -0.3 is 5.32 Å². The van der Waals surface area contributed by atoms with Crippen LogP contribution in [0, 0.1) is 17.0 Å². The minimum absolute atomic E-state index is 0.0124. The van der Waals surface area contributed by atoms with E-state index in [-0.39, 0.29) is 17.2 Å². The van der Waals surface area contributed by atoms with Gasteiger partial charge >= 0.3 is 0 Å². The van der Waals surface area contributed by atoms with Crippen LogP contribution in [0.4, 0.5) is 5.69 Å². The Morgan fingerprint density at radius 3 is 2.68 bits per heavy atom. The van der Waals surface area contributed by atoms with Gasteiger partial charge in [0.15, 0.2) is 5.17 Å². The van der Waals surface area contributed by atoms with Crippen LogP contribution < -0.4 is 10.9 Å². The Kier molecular flexibility index (Phi) is 5.63. The van der Waals surface area contributed by atoms with Crippen LogP contribution in [0.15, 0.2) is 63.2 Å². The summed E-state index contributed by atoms with van der Waals surface area (Å²) in [5.41, 5.74) is 1.20. The molecular formula is C21H17N5O4S. The van der Waals surface area contributed by atoms with E-state index in [1.54, 1.807) is 47.9 Å². The number of thioether (sulfide) groups is 1. The summed E-state index contributed by atoms with van der Waals surface area (Å²) in [5, 5.41) is 14.4. The molecule has 4 rings (SSSR count). The van der Waals surface area contributed by atoms with E-state index in [0.29, 0.717) is 45.5 Å². The SMILES string of the molecule is Cc1nc2ccccc2c(=O)n1CCN=C1NC(=O)/C(=C/c2ccc([N+](=O)[O-])cc2)S1. The van der Waals surface area contributed by atoms with E-state index in [1.165, 1.54) is 23.9 Å². The number of para-hydroxylation sites is 1. The third-order valence-electron chi connectivity index (χ3n) is 4.68. The lowest BCUT2D eigenvalue weighted by molar-refractivity contribution is -0.384. The Balaban J connectivity index is 1.46. The molecule has 0 unspecified atom stereocenters. The highest BCUT2D eigenvalue weighted by Crippen LogP contribution is 2.26. The maximum Gasteiger partial charge on any atom is 0.269 e. The van der Waals surface area contributed by atoms with E-state index in [2.05, 4.69) is 15.3 Å². The highest BCUT2D eigenvalue weighted by Gasteiger charge is 2.23. The lowest BCUT2D eigenvalue weighted by atomic mass is 10.2. The predicted octanol–water partition coefficient (Wildman–Crippen LogP) is 2.87. The topological polar surface area (TPSA) is 119 Å². The van der Waals surface area contributed by atoms with E-state index in [9.17, 15) is 19.7 Å². The second-order valence-electron chi connectivity index (χ2n) is 6.73. The zero-order valence-corrected chi connectivity index (χ0v) is 17.3. The van der Waals surface area contributed by atoms with Crippen molar-refractivity contribution in [1.82, 2.24) is 14.9 Å². The number of carbonyl (C=O) groups is 1. The molecule has 0 aliphatic carbocycles. The predicted molar refractivity (Wildman–Crippen MR) is 120 cm³/mol. The van der Waals surface area contributed by atoms with Gasteiger partial charge in [-0.15, -0.1) is 0 Å². The number of rotatable bonds is 5. The molecule has 1 saturated heterocycles. The van der Waals surface area contributed by atoms with Gasteiger partial charge in [0.25, 0.3) is 17.2 Å². The van der Waals surface area contributed by atoms with Gasteiger partial charge in [0.2, 0.25) is 0 Å². The van der Waals surface area contributed by atoms with Gasteiger partial charge in [-0.2, -0.15) is 0 Å². The summed E-state index contributed by atoms with van der Waals surface area (Å²) in [4.78, 5) is 44.5. The Bertz CT molecular complexity index is 1310. The smallest absolute Gasteiger partial charge is 0.269 e. The number of aliphatic imine (C=N–C) groups is 1. The van der Waals surface area contributed by atoms with Gasteiger partial charge in [0.1, 0.15) is 5.82 Å². The molecule has 31 heavy (non-hydrogen) atoms. The highest BCUT2D eigenvalue weighted by molar-refractivity contribution is 8.18. The number of nitrogens with one attached hydrogen (secondary N) is 1. The molecular weight excluding hydrogens is 418 g/mol. The first-order valence-corrected chi connectivity index (χ1v) is 10.2. The molecule has 1 aromatic heterocycles. The second kappa shape index (κ2) is 8.52. The van der Waals surface area contributed by atoms with Crippen molar-refractivity contribution in [2.24, 2.45) is 4.99 Å². The highest BCUT2D eigenvalue weighted by atomic mass is 32.2. The van der Waals surface area contributed by atoms with Crippen molar-refractivity contribution < 1.29 is 9.72 Å². The summed E-state index contributed by atoms with van der Waals surface area (Å²) in [6.45, 7) is 2.41. The van der Waals surface area contributed by atoms with Gasteiger partial charge in [-0.3, -0.25) is 29.3 Å². The van der Waals surface area contributed by atoms with E-state index in [4.69, 9.17) is 0 Å². The number of hydrogen-bond acceptors (Lipinski definition) is 7. The van der Waals surface area contributed by atoms with Gasteiger partial charge in [-0.05, 0) is 54.6 Å². The number of nitro groups is 1. The van der Waals surface area contributed by atoms with Crippen LogP contribution in [-0.4, -0.2) is 32.1 Å². The molecule has 1 aliphatic heterocycles. The normalized spacial score (nSPS) is 16.2. The Morgan fingerprint density at radius 1 is 1.19 bits per heavy atom. The standard InChI is InChI=1S/C21H17N5O4S/c1-13-23-17-5-3-2-4-16(17)20(28)25(13)11-10-22-21-24-19(27)18(31-21)12-14-6-8-15(9-7-14)26(29)30/h2-9,12H,10-11H2,1H3,(H,22,24,27)/b18-12-. The molecule has 1 fully saturated rings. The van der Waals surface area contributed by atoms with Crippen molar-refractivity contribution in [3.8, 4) is 0 Å². The first kappa shape index (κ1) is 20.5. The molecule has 1 N–H and O–H groups in total. The van der Waals surface area contributed by atoms with Crippen molar-refractivity contribution in [3.63, 3.8) is 0 Å². The Hall–Kier alpha value is -3.79. The number of amides is 1. The molecule has 0 spiro atoms. The molecule has 156 valence electrons. The van der Waals surface area contributed by atoms with Gasteiger partial charge in [-0.25, -0.2) is 4.98 Å². The summed E-state index contributed by atoms with van der Waals surface area (Å²) < 4.78 is 1.57. The summed E-state index contributed by atoms with van der Waals surface area (Å²) >= 11 is 1.18. The minimum atomic E-state index is -0.475. The molecule has 2 aromatic carbocycles. The fraction of sp³-hybridized carbons (Fsp3) is 0.143. The molecule has 1 aliphatic rings. The summed E-state index contributed by atoms with van der Waals surface area (Å²) in [6.07, 6.45) is 1.65. The second-order valence-corrected chi connectivity index (χ2v) is 7.76. The molecule has 0 saturated carbocycles. The van der Waals surface area contributed by atoms with Crippen LogP contribution in [0.2, 0.25) is 0 Å². The number of hydrogen-bond donors (Lipinski definition) is 1. The van der Waals surface area contributed by atoms with Crippen molar-refractivity contribution in [3.05, 3.63) is 85.3 Å². The zero-order valence-electron chi connectivity index (χ0n) is 16.4. The third-order valence-corrected chi connectivity index (χ3v) is 5.63. The fourth-order valence-electron chi connectivity index (χ4n) is 3.14. The number of nitro benzene ring substituents is 1. The molecule has 10 heteroatoms. The van der Waals surface area contributed by atoms with Gasteiger partial charge in [0.05, 0.1) is 27.3 Å². The van der Waals surface area contributed by atoms with Crippen molar-refractivity contribution in [2.45, 2.75) is 13.5 Å². The number of carbonyl (C=O) groups excluding carboxylic acids is 1. The van der Waals surface area contributed by atoms with Crippen LogP contribution in [-0.2, 0) is 11.3 Å². The number of benzene rings is 2. The number of aromatic nitrogens is 2. The number of fused-ring (bicyclic) bond motifs is 1. The van der Waals surface area contributed by atoms with Crippen molar-refractivity contribution in [2.75, 3.05) is 6.54 Å². The Labute approximate surface area is 180 Å². The maximum absolute atomic E-state index is 12.7. The molecule has 0 radical (unpaired) electrons. The van der Waals surface area contributed by atoms with E-state index in [0.717, 1.165) is 0 Å². The van der Waals surface area contributed by atoms with E-state index < -0.39 is 4.92 Å². The zero-order chi connectivity index (χ0) is 22.0. The molecule has 0 atom stereocenters. The van der Waals surface area contributed by atoms with Crippen LogP contribution in [0.3, 0.4) is 0 Å². The van der Waals surface area contributed by atoms with Gasteiger partial charge in [-0.1, -0.05) is 12.1 Å². The molecule has 1 amide bonds. The largest absolute Gasteiger partial charge is 0.301 e. The number of aryl methyl sites for hydroxylation is 1. The van der Waals surface area contributed by atoms with E-state index in [1.807, 2.05) is 6.07 Å². The number of amidine groups is 1. The first-order valence-electron chi connectivity index (χ1n) is 9.38. The van der Waals surface area contributed by atoms with Crippen LogP contribution in [0.1, 0.15) is 11.4 Å². The van der Waals surface area contributed by atoms with Crippen LogP contribution >= 0.6 is 11.8 Å². The van der Waals surface area contributed by atoms with Crippen LogP contribution in [0.25, 0.3) is 17.0 Å². The molecule has 0 bridgehead atoms. The molecule has 3 aromatic rings. The lowest BCUT2D eigenvalue weighted by Crippen LogP contribution is -2.26. The molecule has 2 heterocycles. The van der Waals surface area contributed by atoms with Gasteiger partial charge in [0, 0.05) is 18.7 Å². The maximum atomic E-state index is 12.7. The summed E-state index contributed by atoms with van der Waals surface area (Å²) in [7, 11) is 0. The third kappa shape index (κ3) is 4.38. The van der Waals surface area contributed by atoms with Crippen LogP contribution in [0.5, 0.6) is 0 Å². The number of nitrogens with zero attached hydrogens (tertiary/aromatic N) is 4. The number of non-ortho nitro benzene ring substituents is 1. The van der Waals surface area contributed by atoms with Crippen molar-refractivity contribution in [1.29, 1.82) is 0 Å². The first-order chi connectivity index (χ1) is 14.9.